The van der Waals surface area contributed by atoms with Crippen LogP contribution in [-0.2, 0) is 4.79 Å². The second kappa shape index (κ2) is 7.40. The summed E-state index contributed by atoms with van der Waals surface area (Å²) in [7, 11) is 0. The molecule has 80 valence electrons. The van der Waals surface area contributed by atoms with E-state index >= 15 is 0 Å². The largest absolute Gasteiger partial charge is 0.391 e. The van der Waals surface area contributed by atoms with Crippen molar-refractivity contribution < 1.29 is 9.90 Å². The third-order valence-electron chi connectivity index (χ3n) is 1.77. The Balaban J connectivity index is 3.51. The molecule has 0 aromatic rings. The second-order valence-corrected chi connectivity index (χ2v) is 3.79. The second-order valence-electron chi connectivity index (χ2n) is 3.79. The summed E-state index contributed by atoms with van der Waals surface area (Å²) in [5, 5.41) is 12.1. The van der Waals surface area contributed by atoms with E-state index in [0.29, 0.717) is 31.7 Å². The molecule has 0 aromatic carbocycles. The van der Waals surface area contributed by atoms with E-state index in [1.54, 1.807) is 0 Å². The van der Waals surface area contributed by atoms with Gasteiger partial charge >= 0.3 is 0 Å². The molecule has 0 rings (SSSR count). The SMILES string of the molecule is C#CCCC(=O)NCC(O)CC(C)C. The molecule has 1 unspecified atom stereocenters. The molecule has 1 amide bonds. The lowest BCUT2D eigenvalue weighted by molar-refractivity contribution is -0.121. The number of amides is 1. The summed E-state index contributed by atoms with van der Waals surface area (Å²) >= 11 is 0. The average molecular weight is 197 g/mol. The Morgan fingerprint density at radius 1 is 1.57 bits per heavy atom. The lowest BCUT2D eigenvalue weighted by Crippen LogP contribution is -2.32. The van der Waals surface area contributed by atoms with Gasteiger partial charge in [-0.05, 0) is 12.3 Å². The molecule has 0 aliphatic heterocycles. The summed E-state index contributed by atoms with van der Waals surface area (Å²) in [6.07, 6.45) is 6.06. The van der Waals surface area contributed by atoms with Crippen molar-refractivity contribution in [2.45, 2.75) is 39.2 Å². The third-order valence-corrected chi connectivity index (χ3v) is 1.77. The van der Waals surface area contributed by atoms with Crippen LogP contribution in [0.1, 0.15) is 33.1 Å². The zero-order valence-electron chi connectivity index (χ0n) is 8.92. The van der Waals surface area contributed by atoms with Gasteiger partial charge in [0.05, 0.1) is 6.10 Å². The molecule has 0 aliphatic carbocycles. The Kier molecular flexibility index (Phi) is 6.87. The molecule has 0 aliphatic rings. The molecule has 3 heteroatoms. The van der Waals surface area contributed by atoms with Crippen LogP contribution in [0.5, 0.6) is 0 Å². The highest BCUT2D eigenvalue weighted by Gasteiger charge is 2.08. The van der Waals surface area contributed by atoms with Crippen LogP contribution in [0.2, 0.25) is 0 Å². The topological polar surface area (TPSA) is 49.3 Å². The number of carbonyl (C=O) groups is 1. The molecule has 0 fully saturated rings. The molecule has 0 aromatic heterocycles. The van der Waals surface area contributed by atoms with E-state index in [-0.39, 0.29) is 5.91 Å². The van der Waals surface area contributed by atoms with Gasteiger partial charge in [0.25, 0.3) is 0 Å². The minimum absolute atomic E-state index is 0.0919. The first-order valence-corrected chi connectivity index (χ1v) is 4.94. The van der Waals surface area contributed by atoms with Gasteiger partial charge in [-0.2, -0.15) is 0 Å². The average Bonchev–Trinajstić information content (AvgIpc) is 2.10. The molecule has 14 heavy (non-hydrogen) atoms. The van der Waals surface area contributed by atoms with Gasteiger partial charge in [0.15, 0.2) is 0 Å². The van der Waals surface area contributed by atoms with E-state index < -0.39 is 6.10 Å². The Morgan fingerprint density at radius 2 is 2.21 bits per heavy atom. The molecular weight excluding hydrogens is 178 g/mol. The Bertz CT molecular complexity index is 206. The number of hydrogen-bond acceptors (Lipinski definition) is 2. The van der Waals surface area contributed by atoms with Crippen LogP contribution in [-0.4, -0.2) is 23.7 Å². The van der Waals surface area contributed by atoms with Crippen LogP contribution in [0.3, 0.4) is 0 Å². The summed E-state index contributed by atoms with van der Waals surface area (Å²) in [5.74, 6) is 2.74. The van der Waals surface area contributed by atoms with Crippen molar-refractivity contribution in [2.24, 2.45) is 5.92 Å². The first-order chi connectivity index (χ1) is 6.56. The van der Waals surface area contributed by atoms with Crippen molar-refractivity contribution >= 4 is 5.91 Å². The molecule has 1 atom stereocenters. The van der Waals surface area contributed by atoms with E-state index in [1.807, 2.05) is 13.8 Å². The molecule has 0 bridgehead atoms. The molecule has 0 radical (unpaired) electrons. The fourth-order valence-electron chi connectivity index (χ4n) is 1.13. The van der Waals surface area contributed by atoms with Gasteiger partial charge in [-0.1, -0.05) is 13.8 Å². The highest BCUT2D eigenvalue weighted by Crippen LogP contribution is 2.03. The zero-order chi connectivity index (χ0) is 11.0. The lowest BCUT2D eigenvalue weighted by atomic mass is 10.1. The minimum atomic E-state index is -0.454. The lowest BCUT2D eigenvalue weighted by Gasteiger charge is -2.13. The quantitative estimate of drug-likeness (QED) is 0.622. The summed E-state index contributed by atoms with van der Waals surface area (Å²) in [5.41, 5.74) is 0. The van der Waals surface area contributed by atoms with Crippen LogP contribution in [0.4, 0.5) is 0 Å². The van der Waals surface area contributed by atoms with Crippen molar-refractivity contribution in [1.29, 1.82) is 0 Å². The Hall–Kier alpha value is -1.01. The highest BCUT2D eigenvalue weighted by atomic mass is 16.3. The van der Waals surface area contributed by atoms with Crippen molar-refractivity contribution in [2.75, 3.05) is 6.54 Å². The van der Waals surface area contributed by atoms with Crippen molar-refractivity contribution in [3.8, 4) is 12.3 Å². The molecule has 0 saturated heterocycles. The van der Waals surface area contributed by atoms with Crippen molar-refractivity contribution in [3.05, 3.63) is 0 Å². The maximum Gasteiger partial charge on any atom is 0.221 e. The van der Waals surface area contributed by atoms with Gasteiger partial charge in [0, 0.05) is 19.4 Å². The van der Waals surface area contributed by atoms with Crippen molar-refractivity contribution in [1.82, 2.24) is 5.32 Å². The van der Waals surface area contributed by atoms with E-state index in [4.69, 9.17) is 6.42 Å². The van der Waals surface area contributed by atoms with Crippen LogP contribution < -0.4 is 5.32 Å². The van der Waals surface area contributed by atoms with E-state index in [2.05, 4.69) is 11.2 Å². The molecule has 3 nitrogen and oxygen atoms in total. The number of carbonyl (C=O) groups excluding carboxylic acids is 1. The monoisotopic (exact) mass is 197 g/mol. The molecule has 2 N–H and O–H groups in total. The third kappa shape index (κ3) is 7.63. The summed E-state index contributed by atoms with van der Waals surface area (Å²) < 4.78 is 0. The van der Waals surface area contributed by atoms with E-state index in [9.17, 15) is 9.90 Å². The summed E-state index contributed by atoms with van der Waals surface area (Å²) in [4.78, 5) is 11.1. The Morgan fingerprint density at radius 3 is 2.71 bits per heavy atom. The van der Waals surface area contributed by atoms with Crippen molar-refractivity contribution in [3.63, 3.8) is 0 Å². The van der Waals surface area contributed by atoms with Gasteiger partial charge in [-0.3, -0.25) is 4.79 Å². The van der Waals surface area contributed by atoms with E-state index in [1.165, 1.54) is 0 Å². The highest BCUT2D eigenvalue weighted by molar-refractivity contribution is 5.76. The normalized spacial score (nSPS) is 12.2. The molecule has 0 spiro atoms. The van der Waals surface area contributed by atoms with Gasteiger partial charge < -0.3 is 10.4 Å². The fraction of sp³-hybridized carbons (Fsp3) is 0.727. The summed E-state index contributed by atoms with van der Waals surface area (Å²) in [6.45, 7) is 4.38. The number of rotatable bonds is 6. The minimum Gasteiger partial charge on any atom is -0.391 e. The van der Waals surface area contributed by atoms with Crippen LogP contribution in [0.25, 0.3) is 0 Å². The predicted octanol–water partition coefficient (Wildman–Crippen LogP) is 0.923. The van der Waals surface area contributed by atoms with Gasteiger partial charge in [0.1, 0.15) is 0 Å². The van der Waals surface area contributed by atoms with Crippen LogP contribution in [0, 0.1) is 18.3 Å². The summed E-state index contributed by atoms with van der Waals surface area (Å²) in [6, 6.07) is 0. The first-order valence-electron chi connectivity index (χ1n) is 4.94. The van der Waals surface area contributed by atoms with Gasteiger partial charge in [-0.25, -0.2) is 0 Å². The maximum absolute atomic E-state index is 11.1. The number of nitrogens with one attached hydrogen (secondary N) is 1. The van der Waals surface area contributed by atoms with Crippen LogP contribution >= 0.6 is 0 Å². The standard InChI is InChI=1S/C11H19NO2/c1-4-5-6-11(14)12-8-10(13)7-9(2)3/h1,9-10,13H,5-8H2,2-3H3,(H,12,14). The first kappa shape index (κ1) is 13.0. The maximum atomic E-state index is 11.1. The number of hydrogen-bond donors (Lipinski definition) is 2. The molecular formula is C11H19NO2. The predicted molar refractivity (Wildman–Crippen MR) is 56.5 cm³/mol. The fourth-order valence-corrected chi connectivity index (χ4v) is 1.13. The molecule has 0 heterocycles. The number of aliphatic hydroxyl groups excluding tert-OH is 1. The molecule has 0 saturated carbocycles. The van der Waals surface area contributed by atoms with Gasteiger partial charge in [0.2, 0.25) is 5.91 Å². The smallest absolute Gasteiger partial charge is 0.221 e. The van der Waals surface area contributed by atoms with Gasteiger partial charge in [-0.15, -0.1) is 12.3 Å². The number of aliphatic hydroxyl groups is 1. The zero-order valence-corrected chi connectivity index (χ0v) is 8.92. The van der Waals surface area contributed by atoms with Crippen LogP contribution in [0.15, 0.2) is 0 Å². The van der Waals surface area contributed by atoms with E-state index in [0.717, 1.165) is 0 Å². The number of terminal acetylenes is 1. The Labute approximate surface area is 85.9 Å².